The summed E-state index contributed by atoms with van der Waals surface area (Å²) in [4.78, 5) is 2.14. The van der Waals surface area contributed by atoms with Crippen molar-refractivity contribution in [1.29, 1.82) is 0 Å². The van der Waals surface area contributed by atoms with Crippen LogP contribution in [0.15, 0.2) is 18.2 Å². The van der Waals surface area contributed by atoms with Gasteiger partial charge in [-0.25, -0.2) is 4.39 Å². The van der Waals surface area contributed by atoms with Gasteiger partial charge in [0.2, 0.25) is 0 Å². The van der Waals surface area contributed by atoms with E-state index in [1.54, 1.807) is 12.1 Å². The van der Waals surface area contributed by atoms with Crippen LogP contribution in [0.2, 0.25) is 0 Å². The molecular weight excluding hydrogens is 250 g/mol. The van der Waals surface area contributed by atoms with Crippen LogP contribution in [0.1, 0.15) is 18.0 Å². The van der Waals surface area contributed by atoms with Crippen LogP contribution < -0.4 is 10.1 Å². The summed E-state index contributed by atoms with van der Waals surface area (Å²) in [6.45, 7) is 2.91. The molecular formula is C14H20F2N2O. The van der Waals surface area contributed by atoms with Gasteiger partial charge in [0.25, 0.3) is 0 Å². The maximum Gasteiger partial charge on any atom is 0.131 e. The van der Waals surface area contributed by atoms with Crippen molar-refractivity contribution in [3.8, 4) is 5.75 Å². The largest absolute Gasteiger partial charge is 0.497 e. The monoisotopic (exact) mass is 270 g/mol. The van der Waals surface area contributed by atoms with Crippen LogP contribution in [0.3, 0.4) is 0 Å². The Morgan fingerprint density at radius 2 is 2.11 bits per heavy atom. The first-order chi connectivity index (χ1) is 9.26. The van der Waals surface area contributed by atoms with E-state index in [0.717, 1.165) is 26.2 Å². The van der Waals surface area contributed by atoms with Crippen LogP contribution >= 0.6 is 0 Å². The number of alkyl halides is 1. The van der Waals surface area contributed by atoms with E-state index in [1.165, 1.54) is 13.2 Å². The van der Waals surface area contributed by atoms with Gasteiger partial charge < -0.3 is 10.1 Å². The highest BCUT2D eigenvalue weighted by molar-refractivity contribution is 5.31. The summed E-state index contributed by atoms with van der Waals surface area (Å²) >= 11 is 0. The van der Waals surface area contributed by atoms with E-state index in [9.17, 15) is 8.78 Å². The molecule has 0 bridgehead atoms. The van der Waals surface area contributed by atoms with Gasteiger partial charge in [-0.3, -0.25) is 9.29 Å². The first kappa shape index (κ1) is 14.2. The lowest BCUT2D eigenvalue weighted by atomic mass is 10.0. The number of nitrogens with zero attached hydrogens (tertiary/aromatic N) is 1. The lowest BCUT2D eigenvalue weighted by Crippen LogP contribution is -2.45. The first-order valence-electron chi connectivity index (χ1n) is 6.60. The van der Waals surface area contributed by atoms with Crippen LogP contribution in [0, 0.1) is 5.82 Å². The number of halogens is 2. The Morgan fingerprint density at radius 1 is 1.37 bits per heavy atom. The molecule has 1 fully saturated rings. The molecule has 19 heavy (non-hydrogen) atoms. The van der Waals surface area contributed by atoms with Crippen molar-refractivity contribution in [2.45, 2.75) is 12.5 Å². The number of benzene rings is 1. The van der Waals surface area contributed by atoms with E-state index in [2.05, 4.69) is 10.2 Å². The van der Waals surface area contributed by atoms with Crippen LogP contribution in [-0.2, 0) is 0 Å². The van der Waals surface area contributed by atoms with Gasteiger partial charge in [0.15, 0.2) is 0 Å². The second kappa shape index (κ2) is 6.82. The third kappa shape index (κ3) is 3.42. The number of methoxy groups -OCH3 is 1. The zero-order valence-corrected chi connectivity index (χ0v) is 11.2. The second-order valence-electron chi connectivity index (χ2n) is 4.67. The fraction of sp³-hybridized carbons (Fsp3) is 0.571. The van der Waals surface area contributed by atoms with E-state index >= 15 is 0 Å². The zero-order valence-electron chi connectivity index (χ0n) is 11.2. The number of piperazine rings is 1. The number of ether oxygens (including phenoxy) is 1. The zero-order chi connectivity index (χ0) is 13.7. The molecule has 1 aromatic rings. The Labute approximate surface area is 112 Å². The number of hydrogen-bond acceptors (Lipinski definition) is 3. The van der Waals surface area contributed by atoms with Gasteiger partial charge in [-0.2, -0.15) is 0 Å². The standard InChI is InChI=1S/C14H20F2N2O/c1-19-11-2-3-12(13(16)10-11)14(4-5-15)18-8-6-17-7-9-18/h2-3,10,14,17H,4-9H2,1H3/t14-/m0/s1. The lowest BCUT2D eigenvalue weighted by molar-refractivity contribution is 0.154. The van der Waals surface area contributed by atoms with Crippen molar-refractivity contribution in [3.63, 3.8) is 0 Å². The van der Waals surface area contributed by atoms with Gasteiger partial charge in [0, 0.05) is 43.9 Å². The highest BCUT2D eigenvalue weighted by Crippen LogP contribution is 2.29. The quantitative estimate of drug-likeness (QED) is 0.887. The van der Waals surface area contributed by atoms with Gasteiger partial charge >= 0.3 is 0 Å². The lowest BCUT2D eigenvalue weighted by Gasteiger charge is -2.35. The molecule has 0 unspecified atom stereocenters. The molecule has 0 amide bonds. The summed E-state index contributed by atoms with van der Waals surface area (Å²) in [5.41, 5.74) is 0.556. The fourth-order valence-corrected chi connectivity index (χ4v) is 2.54. The summed E-state index contributed by atoms with van der Waals surface area (Å²) in [5, 5.41) is 3.25. The van der Waals surface area contributed by atoms with Crippen LogP contribution in [0.25, 0.3) is 0 Å². The van der Waals surface area contributed by atoms with Crippen molar-refractivity contribution in [1.82, 2.24) is 10.2 Å². The summed E-state index contributed by atoms with van der Waals surface area (Å²) in [5.74, 6) is 0.164. The average Bonchev–Trinajstić information content (AvgIpc) is 2.46. The molecule has 106 valence electrons. The normalized spacial score (nSPS) is 18.3. The molecule has 1 saturated heterocycles. The van der Waals surface area contributed by atoms with E-state index in [4.69, 9.17) is 4.74 Å². The fourth-order valence-electron chi connectivity index (χ4n) is 2.54. The Morgan fingerprint density at radius 3 is 2.68 bits per heavy atom. The smallest absolute Gasteiger partial charge is 0.131 e. The van der Waals surface area contributed by atoms with E-state index in [1.807, 2.05) is 0 Å². The van der Waals surface area contributed by atoms with Crippen molar-refractivity contribution in [3.05, 3.63) is 29.6 Å². The molecule has 0 radical (unpaired) electrons. The predicted octanol–water partition coefficient (Wildman–Crippen LogP) is 2.14. The second-order valence-corrected chi connectivity index (χ2v) is 4.67. The van der Waals surface area contributed by atoms with E-state index < -0.39 is 6.67 Å². The van der Waals surface area contributed by atoms with Gasteiger partial charge in [-0.1, -0.05) is 6.07 Å². The minimum absolute atomic E-state index is 0.196. The van der Waals surface area contributed by atoms with Crippen LogP contribution in [-0.4, -0.2) is 44.9 Å². The summed E-state index contributed by atoms with van der Waals surface area (Å²) in [6.07, 6.45) is 0.323. The summed E-state index contributed by atoms with van der Waals surface area (Å²) < 4.78 is 31.9. The summed E-state index contributed by atoms with van der Waals surface area (Å²) in [7, 11) is 1.50. The molecule has 0 aliphatic carbocycles. The van der Waals surface area contributed by atoms with Gasteiger partial charge in [-0.05, 0) is 12.5 Å². The molecule has 1 aromatic carbocycles. The van der Waals surface area contributed by atoms with Crippen molar-refractivity contribution in [2.75, 3.05) is 40.0 Å². The molecule has 1 heterocycles. The van der Waals surface area contributed by atoms with Crippen LogP contribution in [0.4, 0.5) is 8.78 Å². The van der Waals surface area contributed by atoms with Crippen molar-refractivity contribution in [2.24, 2.45) is 0 Å². The number of hydrogen-bond donors (Lipinski definition) is 1. The average molecular weight is 270 g/mol. The Balaban J connectivity index is 2.22. The topological polar surface area (TPSA) is 24.5 Å². The maximum absolute atomic E-state index is 14.1. The third-order valence-electron chi connectivity index (χ3n) is 3.54. The molecule has 1 atom stereocenters. The molecule has 3 nitrogen and oxygen atoms in total. The molecule has 2 rings (SSSR count). The molecule has 0 saturated carbocycles. The third-order valence-corrected chi connectivity index (χ3v) is 3.54. The van der Waals surface area contributed by atoms with Crippen molar-refractivity contribution >= 4 is 0 Å². The Hall–Kier alpha value is -1.20. The van der Waals surface area contributed by atoms with Crippen LogP contribution in [0.5, 0.6) is 5.75 Å². The highest BCUT2D eigenvalue weighted by atomic mass is 19.1. The maximum atomic E-state index is 14.1. The van der Waals surface area contributed by atoms with Gasteiger partial charge in [0.1, 0.15) is 11.6 Å². The SMILES string of the molecule is COc1ccc([C@H](CCF)N2CCNCC2)c(F)c1. The Kier molecular flexibility index (Phi) is 5.10. The van der Waals surface area contributed by atoms with E-state index in [-0.39, 0.29) is 11.9 Å². The first-order valence-corrected chi connectivity index (χ1v) is 6.60. The van der Waals surface area contributed by atoms with Gasteiger partial charge in [-0.15, -0.1) is 0 Å². The van der Waals surface area contributed by atoms with Crippen molar-refractivity contribution < 1.29 is 13.5 Å². The molecule has 0 aromatic heterocycles. The molecule has 1 aliphatic rings. The molecule has 1 N–H and O–H groups in total. The van der Waals surface area contributed by atoms with Gasteiger partial charge in [0.05, 0.1) is 13.8 Å². The minimum Gasteiger partial charge on any atom is -0.497 e. The highest BCUT2D eigenvalue weighted by Gasteiger charge is 2.24. The molecule has 1 aliphatic heterocycles. The molecule has 5 heteroatoms. The number of rotatable bonds is 5. The summed E-state index contributed by atoms with van der Waals surface area (Å²) in [6, 6.07) is 4.60. The van der Waals surface area contributed by atoms with E-state index in [0.29, 0.717) is 17.7 Å². The predicted molar refractivity (Wildman–Crippen MR) is 70.7 cm³/mol. The number of nitrogens with one attached hydrogen (secondary N) is 1. The minimum atomic E-state index is -0.444. The molecule has 0 spiro atoms. The Bertz CT molecular complexity index is 408.